The summed E-state index contributed by atoms with van der Waals surface area (Å²) in [5.41, 5.74) is 3.86. The first-order chi connectivity index (χ1) is 15.2. The lowest BCUT2D eigenvalue weighted by Gasteiger charge is -2.12. The molecule has 0 aliphatic rings. The molecule has 4 aromatic carbocycles. The summed E-state index contributed by atoms with van der Waals surface area (Å²) in [4.78, 5) is 12.4. The van der Waals surface area contributed by atoms with E-state index in [-0.39, 0.29) is 12.5 Å². The second-order valence-corrected chi connectivity index (χ2v) is 7.14. The molecule has 0 bridgehead atoms. The van der Waals surface area contributed by atoms with Gasteiger partial charge in [0.1, 0.15) is 17.2 Å². The third kappa shape index (κ3) is 5.52. The Balaban J connectivity index is 1.34. The van der Waals surface area contributed by atoms with E-state index in [4.69, 9.17) is 9.47 Å². The van der Waals surface area contributed by atoms with Crippen LogP contribution < -0.4 is 14.8 Å². The summed E-state index contributed by atoms with van der Waals surface area (Å²) < 4.78 is 11.6. The van der Waals surface area contributed by atoms with Gasteiger partial charge in [-0.3, -0.25) is 4.79 Å². The molecule has 154 valence electrons. The van der Waals surface area contributed by atoms with Gasteiger partial charge in [0.15, 0.2) is 6.61 Å². The Morgan fingerprint density at radius 1 is 0.742 bits per heavy atom. The van der Waals surface area contributed by atoms with Gasteiger partial charge in [0.25, 0.3) is 5.91 Å². The van der Waals surface area contributed by atoms with Gasteiger partial charge in [-0.25, -0.2) is 0 Å². The minimum absolute atomic E-state index is 0.0779. The van der Waals surface area contributed by atoms with Crippen LogP contribution in [0.5, 0.6) is 17.2 Å². The van der Waals surface area contributed by atoms with E-state index in [9.17, 15) is 4.79 Å². The maximum Gasteiger partial charge on any atom is 0.262 e. The van der Waals surface area contributed by atoms with Gasteiger partial charge < -0.3 is 14.8 Å². The third-order valence-electron chi connectivity index (χ3n) is 4.73. The van der Waals surface area contributed by atoms with E-state index in [1.807, 2.05) is 97.9 Å². The highest BCUT2D eigenvalue weighted by Crippen LogP contribution is 2.29. The minimum Gasteiger partial charge on any atom is -0.483 e. The summed E-state index contributed by atoms with van der Waals surface area (Å²) >= 11 is 0. The van der Waals surface area contributed by atoms with E-state index in [1.165, 1.54) is 5.56 Å². The SMILES string of the molecule is Cc1ccc(Oc2ccc(NC(=O)COc3ccccc3-c3ccccc3)cc2)cc1. The highest BCUT2D eigenvalue weighted by atomic mass is 16.5. The Bertz CT molecular complexity index is 1140. The molecule has 4 nitrogen and oxygen atoms in total. The topological polar surface area (TPSA) is 47.6 Å². The van der Waals surface area contributed by atoms with Crippen LogP contribution in [0.1, 0.15) is 5.56 Å². The fraction of sp³-hybridized carbons (Fsp3) is 0.0741. The summed E-state index contributed by atoms with van der Waals surface area (Å²) in [6.45, 7) is 1.96. The van der Waals surface area contributed by atoms with Crippen molar-refractivity contribution in [1.82, 2.24) is 0 Å². The Kier molecular flexibility index (Phi) is 6.29. The molecule has 1 N–H and O–H groups in total. The molecular formula is C27H23NO3. The van der Waals surface area contributed by atoms with E-state index >= 15 is 0 Å². The second kappa shape index (κ2) is 9.63. The van der Waals surface area contributed by atoms with Gasteiger partial charge in [-0.2, -0.15) is 0 Å². The Morgan fingerprint density at radius 3 is 2.06 bits per heavy atom. The number of ether oxygens (including phenoxy) is 2. The molecule has 0 unspecified atom stereocenters. The van der Waals surface area contributed by atoms with Crippen LogP contribution in [-0.2, 0) is 4.79 Å². The van der Waals surface area contributed by atoms with Crippen molar-refractivity contribution in [3.8, 4) is 28.4 Å². The number of hydrogen-bond acceptors (Lipinski definition) is 3. The average molecular weight is 409 g/mol. The highest BCUT2D eigenvalue weighted by Gasteiger charge is 2.09. The first-order valence-electron chi connectivity index (χ1n) is 10.1. The van der Waals surface area contributed by atoms with Gasteiger partial charge in [0, 0.05) is 11.3 Å². The molecule has 0 aliphatic carbocycles. The highest BCUT2D eigenvalue weighted by molar-refractivity contribution is 5.92. The first-order valence-corrected chi connectivity index (χ1v) is 10.1. The van der Waals surface area contributed by atoms with Gasteiger partial charge in [0.2, 0.25) is 0 Å². The van der Waals surface area contributed by atoms with E-state index in [2.05, 4.69) is 5.32 Å². The fourth-order valence-corrected chi connectivity index (χ4v) is 3.14. The van der Waals surface area contributed by atoms with Crippen LogP contribution in [-0.4, -0.2) is 12.5 Å². The van der Waals surface area contributed by atoms with E-state index < -0.39 is 0 Å². The lowest BCUT2D eigenvalue weighted by atomic mass is 10.1. The quantitative estimate of drug-likeness (QED) is 0.380. The van der Waals surface area contributed by atoms with Gasteiger partial charge in [-0.1, -0.05) is 66.2 Å². The third-order valence-corrected chi connectivity index (χ3v) is 4.73. The van der Waals surface area contributed by atoms with Crippen molar-refractivity contribution in [3.63, 3.8) is 0 Å². The van der Waals surface area contributed by atoms with Crippen LogP contribution >= 0.6 is 0 Å². The first kappa shape index (κ1) is 20.2. The van der Waals surface area contributed by atoms with Crippen molar-refractivity contribution >= 4 is 11.6 Å². The molecule has 0 saturated carbocycles. The molecular weight excluding hydrogens is 386 g/mol. The van der Waals surface area contributed by atoms with Crippen molar-refractivity contribution in [1.29, 1.82) is 0 Å². The molecule has 0 spiro atoms. The van der Waals surface area contributed by atoms with E-state index in [1.54, 1.807) is 12.1 Å². The van der Waals surface area contributed by atoms with Gasteiger partial charge in [-0.05, 0) is 55.0 Å². The molecule has 0 aromatic heterocycles. The predicted molar refractivity (Wildman–Crippen MR) is 124 cm³/mol. The molecule has 0 radical (unpaired) electrons. The van der Waals surface area contributed by atoms with Crippen molar-refractivity contribution in [2.45, 2.75) is 6.92 Å². The molecule has 1 amide bonds. The largest absolute Gasteiger partial charge is 0.483 e. The molecule has 0 heterocycles. The molecule has 0 fully saturated rings. The van der Waals surface area contributed by atoms with Gasteiger partial charge >= 0.3 is 0 Å². The number of nitrogens with one attached hydrogen (secondary N) is 1. The summed E-state index contributed by atoms with van der Waals surface area (Å²) in [5, 5.41) is 2.85. The van der Waals surface area contributed by atoms with Crippen molar-refractivity contribution in [2.24, 2.45) is 0 Å². The zero-order valence-electron chi connectivity index (χ0n) is 17.2. The zero-order chi connectivity index (χ0) is 21.5. The van der Waals surface area contributed by atoms with Crippen molar-refractivity contribution < 1.29 is 14.3 Å². The van der Waals surface area contributed by atoms with Crippen LogP contribution in [0.25, 0.3) is 11.1 Å². The number of amides is 1. The number of hydrogen-bond donors (Lipinski definition) is 1. The molecule has 0 atom stereocenters. The van der Waals surface area contributed by atoms with Gasteiger partial charge in [0.05, 0.1) is 0 Å². The summed E-state index contributed by atoms with van der Waals surface area (Å²) in [6, 6.07) is 32.8. The standard InChI is InChI=1S/C27H23NO3/c1-20-11-15-23(16-12-20)31-24-17-13-22(14-18-24)28-27(29)19-30-26-10-6-5-9-25(26)21-7-3-2-4-8-21/h2-18H,19H2,1H3,(H,28,29). The Morgan fingerprint density at radius 2 is 1.35 bits per heavy atom. The van der Waals surface area contributed by atoms with E-state index in [0.717, 1.165) is 16.9 Å². The average Bonchev–Trinajstić information content (AvgIpc) is 2.81. The second-order valence-electron chi connectivity index (χ2n) is 7.14. The molecule has 4 aromatic rings. The summed E-state index contributed by atoms with van der Waals surface area (Å²) in [7, 11) is 0. The van der Waals surface area contributed by atoms with Crippen LogP contribution in [0, 0.1) is 6.92 Å². The lowest BCUT2D eigenvalue weighted by Crippen LogP contribution is -2.20. The maximum atomic E-state index is 12.4. The van der Waals surface area contributed by atoms with Crippen molar-refractivity contribution in [3.05, 3.63) is 109 Å². The summed E-state index contributed by atoms with van der Waals surface area (Å²) in [5.74, 6) is 1.92. The Labute approximate surface area is 182 Å². The minimum atomic E-state index is -0.227. The Hall–Kier alpha value is -4.05. The maximum absolute atomic E-state index is 12.4. The number of anilines is 1. The van der Waals surface area contributed by atoms with Crippen LogP contribution in [0.2, 0.25) is 0 Å². The predicted octanol–water partition coefficient (Wildman–Crippen LogP) is 6.47. The number of rotatable bonds is 7. The van der Waals surface area contributed by atoms with E-state index in [0.29, 0.717) is 17.2 Å². The van der Waals surface area contributed by atoms with Crippen molar-refractivity contribution in [2.75, 3.05) is 11.9 Å². The smallest absolute Gasteiger partial charge is 0.262 e. The zero-order valence-corrected chi connectivity index (χ0v) is 17.2. The molecule has 0 saturated heterocycles. The summed E-state index contributed by atoms with van der Waals surface area (Å²) in [6.07, 6.45) is 0. The number of carbonyl (C=O) groups is 1. The lowest BCUT2D eigenvalue weighted by molar-refractivity contribution is -0.118. The monoisotopic (exact) mass is 409 g/mol. The number of aryl methyl sites for hydroxylation is 1. The van der Waals surface area contributed by atoms with Crippen LogP contribution in [0.3, 0.4) is 0 Å². The normalized spacial score (nSPS) is 10.4. The number of benzene rings is 4. The van der Waals surface area contributed by atoms with Crippen LogP contribution in [0.4, 0.5) is 5.69 Å². The van der Waals surface area contributed by atoms with Gasteiger partial charge in [-0.15, -0.1) is 0 Å². The number of para-hydroxylation sites is 1. The number of carbonyl (C=O) groups excluding carboxylic acids is 1. The molecule has 4 heteroatoms. The molecule has 0 aliphatic heterocycles. The van der Waals surface area contributed by atoms with Crippen LogP contribution in [0.15, 0.2) is 103 Å². The molecule has 4 rings (SSSR count). The fourth-order valence-electron chi connectivity index (χ4n) is 3.14. The molecule has 31 heavy (non-hydrogen) atoms.